The van der Waals surface area contributed by atoms with Gasteiger partial charge in [-0.15, -0.1) is 0 Å². The Morgan fingerprint density at radius 1 is 1.21 bits per heavy atom. The monoisotopic (exact) mass is 349 g/mol. The highest BCUT2D eigenvalue weighted by Crippen LogP contribution is 2.24. The first-order chi connectivity index (χ1) is 11.2. The van der Waals surface area contributed by atoms with Crippen LogP contribution < -0.4 is 10.5 Å². The third-order valence-corrected chi connectivity index (χ3v) is 4.78. The maximum absolute atomic E-state index is 12.5. The number of amides is 1. The van der Waals surface area contributed by atoms with Crippen molar-refractivity contribution in [2.75, 3.05) is 4.72 Å². The second-order valence-electron chi connectivity index (χ2n) is 5.15. The topological polar surface area (TPSA) is 132 Å². The quantitative estimate of drug-likeness (QED) is 0.605. The first-order valence-corrected chi connectivity index (χ1v) is 8.32. The van der Waals surface area contributed by atoms with Crippen molar-refractivity contribution in [1.82, 2.24) is 0 Å². The van der Waals surface area contributed by atoms with Gasteiger partial charge in [-0.25, -0.2) is 8.42 Å². The van der Waals surface area contributed by atoms with E-state index in [1.807, 2.05) is 0 Å². The number of rotatable bonds is 6. The Balaban J connectivity index is 2.30. The van der Waals surface area contributed by atoms with E-state index in [9.17, 15) is 23.3 Å². The Bertz CT molecular complexity index is 892. The maximum Gasteiger partial charge on any atom is 0.270 e. The summed E-state index contributed by atoms with van der Waals surface area (Å²) in [5.74, 6) is -0.490. The van der Waals surface area contributed by atoms with Crippen molar-refractivity contribution in [2.24, 2.45) is 5.73 Å². The average molecular weight is 349 g/mol. The van der Waals surface area contributed by atoms with E-state index < -0.39 is 20.9 Å². The van der Waals surface area contributed by atoms with E-state index in [0.717, 1.165) is 6.07 Å². The molecule has 0 atom stereocenters. The Labute approximate surface area is 138 Å². The van der Waals surface area contributed by atoms with E-state index in [4.69, 9.17) is 5.73 Å². The fraction of sp³-hybridized carbons (Fsp3) is 0.133. The molecule has 0 saturated carbocycles. The highest BCUT2D eigenvalue weighted by atomic mass is 32.2. The molecule has 2 rings (SSSR count). The summed E-state index contributed by atoms with van der Waals surface area (Å²) in [5, 5.41) is 10.8. The molecule has 2 aromatic carbocycles. The first-order valence-electron chi connectivity index (χ1n) is 6.84. The van der Waals surface area contributed by atoms with Crippen molar-refractivity contribution in [3.8, 4) is 0 Å². The molecule has 0 unspecified atom stereocenters. The molecule has 0 bridgehead atoms. The van der Waals surface area contributed by atoms with Crippen molar-refractivity contribution >= 4 is 27.3 Å². The summed E-state index contributed by atoms with van der Waals surface area (Å²) in [6.45, 7) is 1.55. The number of primary amides is 1. The molecule has 126 valence electrons. The lowest BCUT2D eigenvalue weighted by Crippen LogP contribution is -2.15. The molecule has 9 heteroatoms. The van der Waals surface area contributed by atoms with E-state index in [2.05, 4.69) is 4.72 Å². The Kier molecular flexibility index (Phi) is 4.84. The molecular weight excluding hydrogens is 334 g/mol. The predicted molar refractivity (Wildman–Crippen MR) is 88.0 cm³/mol. The average Bonchev–Trinajstić information content (AvgIpc) is 2.48. The predicted octanol–water partition coefficient (Wildman–Crippen LogP) is 1.73. The van der Waals surface area contributed by atoms with Gasteiger partial charge in [0, 0.05) is 17.8 Å². The summed E-state index contributed by atoms with van der Waals surface area (Å²) in [6, 6.07) is 9.76. The summed E-state index contributed by atoms with van der Waals surface area (Å²) < 4.78 is 27.3. The summed E-state index contributed by atoms with van der Waals surface area (Å²) in [5.41, 5.74) is 6.09. The number of carbonyl (C=O) groups excluding carboxylic acids is 1. The molecule has 0 aromatic heterocycles. The number of sulfonamides is 1. The summed E-state index contributed by atoms with van der Waals surface area (Å²) in [6.07, 6.45) is 0.0526. The van der Waals surface area contributed by atoms with Crippen LogP contribution in [0.15, 0.2) is 47.4 Å². The van der Waals surface area contributed by atoms with Gasteiger partial charge in [-0.05, 0) is 30.2 Å². The van der Waals surface area contributed by atoms with Gasteiger partial charge in [0.15, 0.2) is 0 Å². The molecule has 2 aromatic rings. The molecule has 0 saturated heterocycles. The van der Waals surface area contributed by atoms with Crippen LogP contribution in [0.25, 0.3) is 0 Å². The lowest BCUT2D eigenvalue weighted by atomic mass is 10.1. The van der Waals surface area contributed by atoms with Gasteiger partial charge in [-0.1, -0.05) is 18.2 Å². The minimum absolute atomic E-state index is 0.0526. The first kappa shape index (κ1) is 17.4. The minimum atomic E-state index is -3.98. The van der Waals surface area contributed by atoms with Crippen LogP contribution in [0.3, 0.4) is 0 Å². The van der Waals surface area contributed by atoms with Gasteiger partial charge in [-0.2, -0.15) is 0 Å². The van der Waals surface area contributed by atoms with Crippen molar-refractivity contribution in [3.63, 3.8) is 0 Å². The number of nitrogens with two attached hydrogens (primary N) is 1. The second-order valence-corrected chi connectivity index (χ2v) is 6.80. The lowest BCUT2D eigenvalue weighted by Gasteiger charge is -2.10. The van der Waals surface area contributed by atoms with E-state index >= 15 is 0 Å². The number of anilines is 1. The van der Waals surface area contributed by atoms with Gasteiger partial charge in [0.25, 0.3) is 15.7 Å². The largest absolute Gasteiger partial charge is 0.369 e. The van der Waals surface area contributed by atoms with Crippen LogP contribution in [0.4, 0.5) is 11.4 Å². The number of nitrogens with zero attached hydrogens (tertiary/aromatic N) is 1. The van der Waals surface area contributed by atoms with Gasteiger partial charge in [0.05, 0.1) is 16.2 Å². The van der Waals surface area contributed by atoms with Crippen LogP contribution in [0.2, 0.25) is 0 Å². The van der Waals surface area contributed by atoms with Gasteiger partial charge in [0.1, 0.15) is 0 Å². The molecule has 24 heavy (non-hydrogen) atoms. The Morgan fingerprint density at radius 3 is 2.38 bits per heavy atom. The Morgan fingerprint density at radius 2 is 1.83 bits per heavy atom. The molecule has 0 spiro atoms. The molecular formula is C15H15N3O5S. The van der Waals surface area contributed by atoms with Gasteiger partial charge in [0.2, 0.25) is 5.91 Å². The smallest absolute Gasteiger partial charge is 0.270 e. The minimum Gasteiger partial charge on any atom is -0.369 e. The number of non-ortho nitro benzene ring substituents is 1. The zero-order valence-electron chi connectivity index (χ0n) is 12.7. The number of benzene rings is 2. The normalized spacial score (nSPS) is 11.0. The highest BCUT2D eigenvalue weighted by Gasteiger charge is 2.20. The summed E-state index contributed by atoms with van der Waals surface area (Å²) in [4.78, 5) is 20.9. The van der Waals surface area contributed by atoms with Crippen LogP contribution in [-0.2, 0) is 21.2 Å². The van der Waals surface area contributed by atoms with E-state index in [1.165, 1.54) is 24.3 Å². The molecule has 0 aliphatic rings. The number of hydrogen-bond acceptors (Lipinski definition) is 5. The van der Waals surface area contributed by atoms with E-state index in [1.54, 1.807) is 19.1 Å². The molecule has 8 nitrogen and oxygen atoms in total. The number of carbonyl (C=O) groups is 1. The third-order valence-electron chi connectivity index (χ3n) is 3.26. The number of nitro groups is 1. The number of aryl methyl sites for hydroxylation is 1. The number of hydrogen-bond donors (Lipinski definition) is 2. The molecule has 1 amide bonds. The van der Waals surface area contributed by atoms with E-state index in [0.29, 0.717) is 11.1 Å². The fourth-order valence-corrected chi connectivity index (χ4v) is 3.42. The molecule has 0 aliphatic heterocycles. The van der Waals surface area contributed by atoms with Crippen LogP contribution in [-0.4, -0.2) is 19.2 Å². The number of nitro benzene ring substituents is 1. The van der Waals surface area contributed by atoms with Gasteiger partial charge in [-0.3, -0.25) is 19.6 Å². The molecule has 0 heterocycles. The maximum atomic E-state index is 12.5. The summed E-state index contributed by atoms with van der Waals surface area (Å²) >= 11 is 0. The van der Waals surface area contributed by atoms with Gasteiger partial charge < -0.3 is 5.73 Å². The van der Waals surface area contributed by atoms with Crippen LogP contribution >= 0.6 is 0 Å². The highest BCUT2D eigenvalue weighted by molar-refractivity contribution is 7.92. The van der Waals surface area contributed by atoms with Crippen LogP contribution in [0, 0.1) is 17.0 Å². The second kappa shape index (κ2) is 6.67. The molecule has 3 N–H and O–H groups in total. The van der Waals surface area contributed by atoms with Crippen LogP contribution in [0.1, 0.15) is 11.1 Å². The van der Waals surface area contributed by atoms with Crippen molar-refractivity contribution in [2.45, 2.75) is 18.2 Å². The Hall–Kier alpha value is -2.94. The standard InChI is InChI=1S/C15H15N3O5S/c1-10-2-7-13(18(20)21)9-14(10)24(22,23)17-12-5-3-11(4-6-12)8-15(16)19/h2-7,9,17H,8H2,1H3,(H2,16,19). The zero-order valence-corrected chi connectivity index (χ0v) is 13.5. The fourth-order valence-electron chi connectivity index (χ4n) is 2.09. The molecule has 0 fully saturated rings. The number of nitrogens with one attached hydrogen (secondary N) is 1. The third kappa shape index (κ3) is 4.07. The SMILES string of the molecule is Cc1ccc([N+](=O)[O-])cc1S(=O)(=O)Nc1ccc(CC(N)=O)cc1. The van der Waals surface area contributed by atoms with Gasteiger partial charge >= 0.3 is 0 Å². The summed E-state index contributed by atoms with van der Waals surface area (Å²) in [7, 11) is -3.98. The van der Waals surface area contributed by atoms with E-state index in [-0.39, 0.29) is 22.7 Å². The van der Waals surface area contributed by atoms with Crippen molar-refractivity contribution < 1.29 is 18.1 Å². The van der Waals surface area contributed by atoms with Crippen molar-refractivity contribution in [3.05, 3.63) is 63.7 Å². The van der Waals surface area contributed by atoms with Crippen LogP contribution in [0.5, 0.6) is 0 Å². The molecule has 0 radical (unpaired) electrons. The molecule has 0 aliphatic carbocycles. The zero-order chi connectivity index (χ0) is 17.9. The lowest BCUT2D eigenvalue weighted by molar-refractivity contribution is -0.385. The van der Waals surface area contributed by atoms with Crippen molar-refractivity contribution in [1.29, 1.82) is 0 Å².